The zero-order chi connectivity index (χ0) is 19.9. The number of benzene rings is 3. The lowest BCUT2D eigenvalue weighted by Crippen LogP contribution is -2.41. The van der Waals surface area contributed by atoms with Gasteiger partial charge in [-0.25, -0.2) is 13.1 Å². The van der Waals surface area contributed by atoms with Crippen molar-refractivity contribution in [3.8, 4) is 0 Å². The molecule has 2 N–H and O–H groups in total. The quantitative estimate of drug-likeness (QED) is 0.710. The van der Waals surface area contributed by atoms with Crippen LogP contribution in [-0.2, 0) is 15.6 Å². The van der Waals surface area contributed by atoms with E-state index < -0.39 is 21.2 Å². The molecule has 0 saturated heterocycles. The summed E-state index contributed by atoms with van der Waals surface area (Å²) in [6.45, 7) is 7.00. The fraction of sp³-hybridized carbons (Fsp3) is 0.273. The van der Waals surface area contributed by atoms with Gasteiger partial charge in [-0.1, -0.05) is 60.7 Å². The van der Waals surface area contributed by atoms with Crippen molar-refractivity contribution in [3.05, 3.63) is 77.9 Å². The number of hydrogen-bond donors (Lipinski definition) is 2. The molecule has 1 atom stereocenters. The predicted octanol–water partition coefficient (Wildman–Crippen LogP) is 4.17. The van der Waals surface area contributed by atoms with Crippen molar-refractivity contribution in [2.75, 3.05) is 0 Å². The highest BCUT2D eigenvalue weighted by Crippen LogP contribution is 2.37. The molecular weight excluding hydrogens is 358 g/mol. The highest BCUT2D eigenvalue weighted by atomic mass is 32.2. The van der Waals surface area contributed by atoms with Crippen molar-refractivity contribution in [2.24, 2.45) is 0 Å². The first kappa shape index (κ1) is 19.5. The zero-order valence-electron chi connectivity index (χ0n) is 16.0. The minimum Gasteiger partial charge on any atom is -0.381 e. The van der Waals surface area contributed by atoms with Gasteiger partial charge in [-0.3, -0.25) is 0 Å². The fourth-order valence-corrected chi connectivity index (χ4v) is 5.09. The van der Waals surface area contributed by atoms with E-state index in [1.807, 2.05) is 42.5 Å². The largest absolute Gasteiger partial charge is 0.381 e. The summed E-state index contributed by atoms with van der Waals surface area (Å²) in [5.41, 5.74) is -1.10. The van der Waals surface area contributed by atoms with Crippen molar-refractivity contribution in [3.63, 3.8) is 0 Å². The third-order valence-electron chi connectivity index (χ3n) is 4.46. The van der Waals surface area contributed by atoms with Crippen molar-refractivity contribution in [2.45, 2.75) is 43.7 Å². The van der Waals surface area contributed by atoms with Crippen molar-refractivity contribution in [1.82, 2.24) is 4.72 Å². The van der Waals surface area contributed by atoms with Gasteiger partial charge in [0.25, 0.3) is 0 Å². The summed E-state index contributed by atoms with van der Waals surface area (Å²) < 4.78 is 28.6. The Morgan fingerprint density at radius 2 is 1.33 bits per heavy atom. The topological polar surface area (TPSA) is 66.4 Å². The molecule has 27 heavy (non-hydrogen) atoms. The van der Waals surface area contributed by atoms with Crippen LogP contribution in [0.25, 0.3) is 10.8 Å². The molecule has 0 bridgehead atoms. The summed E-state index contributed by atoms with van der Waals surface area (Å²) in [5.74, 6) is 0. The summed E-state index contributed by atoms with van der Waals surface area (Å²) in [6, 6.07) is 20.0. The normalized spacial score (nSPS) is 14.9. The molecule has 0 aliphatic carbocycles. The molecule has 5 heteroatoms. The highest BCUT2D eigenvalue weighted by Gasteiger charge is 2.34. The Morgan fingerprint density at radius 3 is 2.04 bits per heavy atom. The van der Waals surface area contributed by atoms with E-state index in [9.17, 15) is 13.5 Å². The van der Waals surface area contributed by atoms with Crippen LogP contribution in [-0.4, -0.2) is 19.1 Å². The van der Waals surface area contributed by atoms with Crippen LogP contribution in [0.1, 0.15) is 38.8 Å². The second-order valence-corrected chi connectivity index (χ2v) is 9.60. The number of sulfonamides is 1. The monoisotopic (exact) mass is 383 g/mol. The number of rotatable bonds is 4. The van der Waals surface area contributed by atoms with E-state index >= 15 is 0 Å². The molecule has 3 rings (SSSR count). The Bertz CT molecular complexity index is 1070. The van der Waals surface area contributed by atoms with E-state index in [0.717, 1.165) is 10.8 Å². The lowest BCUT2D eigenvalue weighted by Gasteiger charge is -2.29. The average molecular weight is 384 g/mol. The van der Waals surface area contributed by atoms with Crippen LogP contribution in [0, 0.1) is 0 Å². The SMILES string of the molecule is CC(C)(C)NS(=O)(=O)c1ccccc1C(C)(O)c1cccc2ccccc12. The van der Waals surface area contributed by atoms with Crippen molar-refractivity contribution in [1.29, 1.82) is 0 Å². The van der Waals surface area contributed by atoms with Crippen LogP contribution in [0.3, 0.4) is 0 Å². The molecule has 0 saturated carbocycles. The summed E-state index contributed by atoms with van der Waals surface area (Å²) in [6.07, 6.45) is 0. The van der Waals surface area contributed by atoms with E-state index in [0.29, 0.717) is 11.1 Å². The van der Waals surface area contributed by atoms with Crippen LogP contribution in [0.2, 0.25) is 0 Å². The molecule has 0 radical (unpaired) electrons. The third-order valence-corrected chi connectivity index (χ3v) is 6.27. The molecule has 0 aliphatic rings. The van der Waals surface area contributed by atoms with Crippen LogP contribution in [0.15, 0.2) is 71.6 Å². The van der Waals surface area contributed by atoms with Gasteiger partial charge < -0.3 is 5.11 Å². The fourth-order valence-electron chi connectivity index (χ4n) is 3.36. The van der Waals surface area contributed by atoms with E-state index in [4.69, 9.17) is 0 Å². The van der Waals surface area contributed by atoms with E-state index in [1.165, 1.54) is 6.07 Å². The van der Waals surface area contributed by atoms with Gasteiger partial charge in [0.1, 0.15) is 5.60 Å². The number of nitrogens with one attached hydrogen (secondary N) is 1. The first-order valence-corrected chi connectivity index (χ1v) is 10.3. The summed E-state index contributed by atoms with van der Waals surface area (Å²) in [4.78, 5) is 0.0814. The lowest BCUT2D eigenvalue weighted by molar-refractivity contribution is 0.101. The molecule has 0 heterocycles. The third kappa shape index (κ3) is 3.90. The maximum atomic E-state index is 13.0. The number of hydrogen-bond acceptors (Lipinski definition) is 3. The zero-order valence-corrected chi connectivity index (χ0v) is 16.8. The smallest absolute Gasteiger partial charge is 0.241 e. The van der Waals surface area contributed by atoms with Gasteiger partial charge in [-0.2, -0.15) is 0 Å². The number of fused-ring (bicyclic) bond motifs is 1. The van der Waals surface area contributed by atoms with E-state index in [-0.39, 0.29) is 4.90 Å². The van der Waals surface area contributed by atoms with Gasteiger partial charge in [-0.05, 0) is 50.1 Å². The minimum absolute atomic E-state index is 0.0814. The number of aliphatic hydroxyl groups is 1. The van der Waals surface area contributed by atoms with Crippen LogP contribution in [0.5, 0.6) is 0 Å². The van der Waals surface area contributed by atoms with Crippen LogP contribution < -0.4 is 4.72 Å². The van der Waals surface area contributed by atoms with Gasteiger partial charge >= 0.3 is 0 Å². The molecule has 3 aromatic rings. The Labute approximate surface area is 160 Å². The highest BCUT2D eigenvalue weighted by molar-refractivity contribution is 7.89. The molecule has 0 aromatic heterocycles. The second-order valence-electron chi connectivity index (χ2n) is 7.95. The Balaban J connectivity index is 2.22. The van der Waals surface area contributed by atoms with E-state index in [1.54, 1.807) is 45.9 Å². The molecular formula is C22H25NO3S. The van der Waals surface area contributed by atoms with Gasteiger partial charge in [0.2, 0.25) is 10.0 Å². The van der Waals surface area contributed by atoms with Gasteiger partial charge in [-0.15, -0.1) is 0 Å². The van der Waals surface area contributed by atoms with Gasteiger partial charge in [0.05, 0.1) is 4.90 Å². The lowest BCUT2D eigenvalue weighted by atomic mass is 9.85. The standard InChI is InChI=1S/C22H25NO3S/c1-21(2,3)23-27(25,26)20-15-8-7-13-19(20)22(4,24)18-14-9-11-16-10-5-6-12-17(16)18/h5-15,23-24H,1-4H3. The molecule has 0 fully saturated rings. The first-order chi connectivity index (χ1) is 12.5. The van der Waals surface area contributed by atoms with Gasteiger partial charge in [0, 0.05) is 11.1 Å². The van der Waals surface area contributed by atoms with Crippen LogP contribution in [0.4, 0.5) is 0 Å². The van der Waals surface area contributed by atoms with E-state index in [2.05, 4.69) is 4.72 Å². The Kier molecular flexibility index (Phi) is 4.89. The molecule has 1 unspecified atom stereocenters. The maximum Gasteiger partial charge on any atom is 0.241 e. The molecule has 0 amide bonds. The predicted molar refractivity (Wildman–Crippen MR) is 109 cm³/mol. The summed E-state index contributed by atoms with van der Waals surface area (Å²) in [5, 5.41) is 13.4. The molecule has 0 spiro atoms. The average Bonchev–Trinajstić information content (AvgIpc) is 2.59. The second kappa shape index (κ2) is 6.75. The maximum absolute atomic E-state index is 13.0. The van der Waals surface area contributed by atoms with Gasteiger partial charge in [0.15, 0.2) is 0 Å². The first-order valence-electron chi connectivity index (χ1n) is 8.86. The molecule has 142 valence electrons. The van der Waals surface area contributed by atoms with Crippen molar-refractivity contribution < 1.29 is 13.5 Å². The Morgan fingerprint density at radius 1 is 0.778 bits per heavy atom. The minimum atomic E-state index is -3.80. The summed E-state index contributed by atoms with van der Waals surface area (Å²) >= 11 is 0. The Hall–Kier alpha value is -2.21. The molecule has 3 aromatic carbocycles. The molecule has 4 nitrogen and oxygen atoms in total. The van der Waals surface area contributed by atoms with Crippen molar-refractivity contribution >= 4 is 20.8 Å². The molecule has 0 aliphatic heterocycles. The van der Waals surface area contributed by atoms with Crippen LogP contribution >= 0.6 is 0 Å². The summed E-state index contributed by atoms with van der Waals surface area (Å²) in [7, 11) is -3.80.